The van der Waals surface area contributed by atoms with E-state index in [0.717, 1.165) is 25.7 Å². The van der Waals surface area contributed by atoms with E-state index in [-0.39, 0.29) is 11.7 Å². The monoisotopic (exact) mass is 276 g/mol. The zero-order valence-corrected chi connectivity index (χ0v) is 11.7. The SMILES string of the molecule is NCCC1CCCN(S(=O)(=O)CC2CCOC2)C1. The highest BCUT2D eigenvalue weighted by Gasteiger charge is 2.31. The maximum absolute atomic E-state index is 12.3. The summed E-state index contributed by atoms with van der Waals surface area (Å²) in [6, 6.07) is 0. The lowest BCUT2D eigenvalue weighted by molar-refractivity contribution is 0.188. The summed E-state index contributed by atoms with van der Waals surface area (Å²) in [5.74, 6) is 0.880. The van der Waals surface area contributed by atoms with Gasteiger partial charge in [0.05, 0.1) is 12.4 Å². The van der Waals surface area contributed by atoms with Crippen molar-refractivity contribution in [1.82, 2.24) is 4.31 Å². The minimum absolute atomic E-state index is 0.185. The average molecular weight is 276 g/mol. The fraction of sp³-hybridized carbons (Fsp3) is 1.00. The molecule has 2 fully saturated rings. The molecule has 5 nitrogen and oxygen atoms in total. The van der Waals surface area contributed by atoms with Gasteiger partial charge < -0.3 is 10.5 Å². The van der Waals surface area contributed by atoms with Crippen LogP contribution in [-0.2, 0) is 14.8 Å². The van der Waals surface area contributed by atoms with Gasteiger partial charge in [-0.25, -0.2) is 12.7 Å². The molecule has 18 heavy (non-hydrogen) atoms. The predicted octanol–water partition coefficient (Wildman–Crippen LogP) is 0.413. The third-order valence-corrected chi connectivity index (χ3v) is 5.93. The van der Waals surface area contributed by atoms with Crippen LogP contribution in [0.3, 0.4) is 0 Å². The highest BCUT2D eigenvalue weighted by molar-refractivity contribution is 7.89. The van der Waals surface area contributed by atoms with Crippen LogP contribution in [-0.4, -0.2) is 51.3 Å². The largest absolute Gasteiger partial charge is 0.381 e. The first-order chi connectivity index (χ1) is 8.62. The Balaban J connectivity index is 1.91. The van der Waals surface area contributed by atoms with Gasteiger partial charge in [0.25, 0.3) is 0 Å². The molecule has 2 aliphatic heterocycles. The van der Waals surface area contributed by atoms with Crippen molar-refractivity contribution in [1.29, 1.82) is 0 Å². The van der Waals surface area contributed by atoms with Crippen LogP contribution in [0.2, 0.25) is 0 Å². The van der Waals surface area contributed by atoms with E-state index in [4.69, 9.17) is 10.5 Å². The molecule has 0 bridgehead atoms. The van der Waals surface area contributed by atoms with Gasteiger partial charge in [0, 0.05) is 19.7 Å². The van der Waals surface area contributed by atoms with E-state index in [1.54, 1.807) is 4.31 Å². The van der Waals surface area contributed by atoms with E-state index >= 15 is 0 Å². The number of hydrogen-bond acceptors (Lipinski definition) is 4. The molecule has 0 aromatic carbocycles. The fourth-order valence-electron chi connectivity index (χ4n) is 2.87. The van der Waals surface area contributed by atoms with Gasteiger partial charge in [0.1, 0.15) is 0 Å². The Morgan fingerprint density at radius 1 is 1.28 bits per heavy atom. The van der Waals surface area contributed by atoms with Crippen molar-refractivity contribution in [3.05, 3.63) is 0 Å². The summed E-state index contributed by atoms with van der Waals surface area (Å²) >= 11 is 0. The fourth-order valence-corrected chi connectivity index (χ4v) is 4.78. The maximum atomic E-state index is 12.3. The van der Waals surface area contributed by atoms with Crippen LogP contribution >= 0.6 is 0 Å². The molecule has 0 saturated carbocycles. The summed E-state index contributed by atoms with van der Waals surface area (Å²) in [4.78, 5) is 0. The molecule has 2 aliphatic rings. The van der Waals surface area contributed by atoms with Gasteiger partial charge in [-0.1, -0.05) is 0 Å². The molecule has 2 N–H and O–H groups in total. The van der Waals surface area contributed by atoms with E-state index in [2.05, 4.69) is 0 Å². The molecule has 2 rings (SSSR count). The number of rotatable bonds is 5. The van der Waals surface area contributed by atoms with E-state index in [9.17, 15) is 8.42 Å². The minimum atomic E-state index is -3.11. The van der Waals surface area contributed by atoms with Crippen LogP contribution in [0.4, 0.5) is 0 Å². The van der Waals surface area contributed by atoms with Gasteiger partial charge >= 0.3 is 0 Å². The van der Waals surface area contributed by atoms with E-state index in [1.165, 1.54) is 0 Å². The Morgan fingerprint density at radius 2 is 2.11 bits per heavy atom. The molecule has 0 aromatic heterocycles. The standard InChI is InChI=1S/C12H24N2O3S/c13-5-3-11-2-1-6-14(8-11)18(15,16)10-12-4-7-17-9-12/h11-12H,1-10,13H2. The highest BCUT2D eigenvalue weighted by atomic mass is 32.2. The molecular weight excluding hydrogens is 252 g/mol. The second-order valence-electron chi connectivity index (χ2n) is 5.45. The third kappa shape index (κ3) is 3.66. The third-order valence-electron chi connectivity index (χ3n) is 3.92. The molecule has 0 aliphatic carbocycles. The number of sulfonamides is 1. The lowest BCUT2D eigenvalue weighted by Gasteiger charge is -2.32. The molecule has 0 spiro atoms. The second-order valence-corrected chi connectivity index (χ2v) is 7.47. The molecule has 2 unspecified atom stereocenters. The summed E-state index contributed by atoms with van der Waals surface area (Å²) in [6.45, 7) is 3.29. The summed E-state index contributed by atoms with van der Waals surface area (Å²) in [7, 11) is -3.11. The second kappa shape index (κ2) is 6.32. The molecular formula is C12H24N2O3S. The molecule has 106 valence electrons. The van der Waals surface area contributed by atoms with Crippen LogP contribution in [0.25, 0.3) is 0 Å². The van der Waals surface area contributed by atoms with Crippen LogP contribution in [0.15, 0.2) is 0 Å². The quantitative estimate of drug-likeness (QED) is 0.789. The number of nitrogens with zero attached hydrogens (tertiary/aromatic N) is 1. The molecule has 2 saturated heterocycles. The molecule has 0 amide bonds. The summed E-state index contributed by atoms with van der Waals surface area (Å²) in [6.07, 6.45) is 3.87. The number of hydrogen-bond donors (Lipinski definition) is 1. The molecule has 2 atom stereocenters. The topological polar surface area (TPSA) is 72.6 Å². The lowest BCUT2D eigenvalue weighted by Crippen LogP contribution is -2.42. The maximum Gasteiger partial charge on any atom is 0.214 e. The van der Waals surface area contributed by atoms with Gasteiger partial charge in [-0.05, 0) is 44.1 Å². The highest BCUT2D eigenvalue weighted by Crippen LogP contribution is 2.24. The number of piperidine rings is 1. The first kappa shape index (κ1) is 14.2. The lowest BCUT2D eigenvalue weighted by atomic mass is 9.96. The first-order valence-corrected chi connectivity index (χ1v) is 8.48. The van der Waals surface area contributed by atoms with Crippen molar-refractivity contribution < 1.29 is 13.2 Å². The van der Waals surface area contributed by atoms with Crippen LogP contribution in [0.5, 0.6) is 0 Å². The van der Waals surface area contributed by atoms with Gasteiger partial charge in [-0.15, -0.1) is 0 Å². The van der Waals surface area contributed by atoms with Crippen molar-refractivity contribution in [2.75, 3.05) is 38.6 Å². The van der Waals surface area contributed by atoms with Gasteiger partial charge in [0.15, 0.2) is 0 Å². The minimum Gasteiger partial charge on any atom is -0.381 e. The van der Waals surface area contributed by atoms with Crippen molar-refractivity contribution >= 4 is 10.0 Å². The average Bonchev–Trinajstić information content (AvgIpc) is 2.82. The van der Waals surface area contributed by atoms with Crippen molar-refractivity contribution in [2.24, 2.45) is 17.6 Å². The Bertz CT molecular complexity index is 350. The summed E-state index contributed by atoms with van der Waals surface area (Å²) < 4.78 is 31.6. The zero-order chi connectivity index (χ0) is 13.0. The Morgan fingerprint density at radius 3 is 2.78 bits per heavy atom. The number of ether oxygens (including phenoxy) is 1. The number of nitrogens with two attached hydrogens (primary N) is 1. The molecule has 0 radical (unpaired) electrons. The van der Waals surface area contributed by atoms with Crippen LogP contribution in [0.1, 0.15) is 25.7 Å². The van der Waals surface area contributed by atoms with Crippen molar-refractivity contribution in [3.63, 3.8) is 0 Å². The molecule has 0 aromatic rings. The summed E-state index contributed by atoms with van der Waals surface area (Å²) in [5, 5.41) is 0. The molecule has 6 heteroatoms. The normalized spacial score (nSPS) is 30.7. The van der Waals surface area contributed by atoms with Crippen LogP contribution < -0.4 is 5.73 Å². The Kier molecular flexibility index (Phi) is 5.00. The van der Waals surface area contributed by atoms with Gasteiger partial charge in [-0.3, -0.25) is 0 Å². The summed E-state index contributed by atoms with van der Waals surface area (Å²) in [5.41, 5.74) is 5.56. The van der Waals surface area contributed by atoms with Crippen LogP contribution in [0, 0.1) is 11.8 Å². The van der Waals surface area contributed by atoms with E-state index in [0.29, 0.717) is 38.8 Å². The van der Waals surface area contributed by atoms with E-state index < -0.39 is 10.0 Å². The Labute approximate surface area is 110 Å². The van der Waals surface area contributed by atoms with Gasteiger partial charge in [-0.2, -0.15) is 0 Å². The first-order valence-electron chi connectivity index (χ1n) is 6.87. The van der Waals surface area contributed by atoms with Gasteiger partial charge in [0.2, 0.25) is 10.0 Å². The van der Waals surface area contributed by atoms with Crippen molar-refractivity contribution in [3.8, 4) is 0 Å². The van der Waals surface area contributed by atoms with E-state index in [1.807, 2.05) is 0 Å². The Hall–Kier alpha value is -0.170. The zero-order valence-electron chi connectivity index (χ0n) is 10.9. The predicted molar refractivity (Wildman–Crippen MR) is 70.7 cm³/mol. The molecule has 2 heterocycles. The van der Waals surface area contributed by atoms with Crippen molar-refractivity contribution in [2.45, 2.75) is 25.7 Å². The smallest absolute Gasteiger partial charge is 0.214 e.